The predicted octanol–water partition coefficient (Wildman–Crippen LogP) is 3.18. The first kappa shape index (κ1) is 14.0. The molecule has 0 unspecified atom stereocenters. The molecule has 0 atom stereocenters. The minimum Gasteiger partial charge on any atom is -0.478 e. The number of hydrogen-bond acceptors (Lipinski definition) is 3. The fraction of sp³-hybridized carbons (Fsp3) is 0.200. The van der Waals surface area contributed by atoms with Crippen molar-refractivity contribution >= 4 is 11.6 Å². The highest BCUT2D eigenvalue weighted by Gasteiger charge is 2.10. The smallest absolute Gasteiger partial charge is 0.257 e. The van der Waals surface area contributed by atoms with E-state index in [-0.39, 0.29) is 5.69 Å². The standard InChI is InChI=1S/C15H15FN2O2/c1-3-20-14-7-5-11(9-17-14)15(19)18-13-6-4-10(2)8-12(13)16/h4-9H,3H2,1-2H3,(H,18,19). The number of halogens is 1. The van der Waals surface area contributed by atoms with Crippen molar-refractivity contribution in [2.75, 3.05) is 11.9 Å². The van der Waals surface area contributed by atoms with Gasteiger partial charge in [-0.25, -0.2) is 9.37 Å². The lowest BCUT2D eigenvalue weighted by Gasteiger charge is -2.07. The number of amides is 1. The Labute approximate surface area is 116 Å². The van der Waals surface area contributed by atoms with E-state index in [1.807, 2.05) is 6.92 Å². The maximum atomic E-state index is 13.6. The van der Waals surface area contributed by atoms with Gasteiger partial charge in [0.25, 0.3) is 5.91 Å². The predicted molar refractivity (Wildman–Crippen MR) is 74.5 cm³/mol. The molecular formula is C15H15FN2O2. The van der Waals surface area contributed by atoms with Gasteiger partial charge in [0, 0.05) is 12.3 Å². The number of aromatic nitrogens is 1. The van der Waals surface area contributed by atoms with Crippen LogP contribution in [0, 0.1) is 12.7 Å². The Morgan fingerprint density at radius 3 is 2.75 bits per heavy atom. The van der Waals surface area contributed by atoms with E-state index < -0.39 is 11.7 Å². The fourth-order valence-electron chi connectivity index (χ4n) is 1.66. The van der Waals surface area contributed by atoms with Crippen LogP contribution in [0.1, 0.15) is 22.8 Å². The van der Waals surface area contributed by atoms with Crippen LogP contribution in [0.3, 0.4) is 0 Å². The van der Waals surface area contributed by atoms with Crippen LogP contribution in [0.25, 0.3) is 0 Å². The number of pyridine rings is 1. The Hall–Kier alpha value is -2.43. The van der Waals surface area contributed by atoms with Crippen molar-refractivity contribution in [3.63, 3.8) is 0 Å². The number of rotatable bonds is 4. The summed E-state index contributed by atoms with van der Waals surface area (Å²) >= 11 is 0. The van der Waals surface area contributed by atoms with Gasteiger partial charge in [-0.2, -0.15) is 0 Å². The van der Waals surface area contributed by atoms with Crippen molar-refractivity contribution in [1.29, 1.82) is 0 Å². The third-order valence-electron chi connectivity index (χ3n) is 2.66. The van der Waals surface area contributed by atoms with Crippen molar-refractivity contribution in [2.45, 2.75) is 13.8 Å². The lowest BCUT2D eigenvalue weighted by atomic mass is 10.2. The molecule has 104 valence electrons. The molecule has 0 saturated carbocycles. The van der Waals surface area contributed by atoms with Gasteiger partial charge in [-0.3, -0.25) is 4.79 Å². The SMILES string of the molecule is CCOc1ccc(C(=O)Nc2ccc(C)cc2F)cn1. The monoisotopic (exact) mass is 274 g/mol. The minimum atomic E-state index is -0.461. The molecule has 2 rings (SSSR count). The van der Waals surface area contributed by atoms with E-state index in [2.05, 4.69) is 10.3 Å². The molecular weight excluding hydrogens is 259 g/mol. The molecule has 1 heterocycles. The number of ether oxygens (including phenoxy) is 1. The maximum absolute atomic E-state index is 13.6. The molecule has 0 bridgehead atoms. The number of carbonyl (C=O) groups is 1. The minimum absolute atomic E-state index is 0.148. The molecule has 0 aliphatic heterocycles. The van der Waals surface area contributed by atoms with E-state index in [0.717, 1.165) is 5.56 Å². The summed E-state index contributed by atoms with van der Waals surface area (Å²) in [6, 6.07) is 7.81. The first-order valence-corrected chi connectivity index (χ1v) is 6.26. The van der Waals surface area contributed by atoms with Gasteiger partial charge in [0.05, 0.1) is 17.9 Å². The van der Waals surface area contributed by atoms with Crippen molar-refractivity contribution in [2.24, 2.45) is 0 Å². The summed E-state index contributed by atoms with van der Waals surface area (Å²) in [5.41, 5.74) is 1.28. The largest absolute Gasteiger partial charge is 0.478 e. The van der Waals surface area contributed by atoms with Crippen LogP contribution in [0.15, 0.2) is 36.5 Å². The average Bonchev–Trinajstić information content (AvgIpc) is 2.43. The van der Waals surface area contributed by atoms with Crippen LogP contribution >= 0.6 is 0 Å². The summed E-state index contributed by atoms with van der Waals surface area (Å²) in [6.45, 7) is 4.14. The van der Waals surface area contributed by atoms with Gasteiger partial charge >= 0.3 is 0 Å². The second-order valence-electron chi connectivity index (χ2n) is 4.26. The number of hydrogen-bond donors (Lipinski definition) is 1. The molecule has 1 N–H and O–H groups in total. The highest BCUT2D eigenvalue weighted by Crippen LogP contribution is 2.16. The molecule has 0 aliphatic rings. The average molecular weight is 274 g/mol. The van der Waals surface area contributed by atoms with Gasteiger partial charge in [0.1, 0.15) is 5.82 Å². The zero-order valence-corrected chi connectivity index (χ0v) is 11.3. The van der Waals surface area contributed by atoms with E-state index >= 15 is 0 Å². The molecule has 1 amide bonds. The van der Waals surface area contributed by atoms with Gasteiger partial charge in [0.15, 0.2) is 0 Å². The molecule has 5 heteroatoms. The molecule has 0 fully saturated rings. The summed E-state index contributed by atoms with van der Waals surface area (Å²) in [5, 5.41) is 2.51. The van der Waals surface area contributed by atoms with Crippen molar-refractivity contribution in [3.05, 3.63) is 53.5 Å². The van der Waals surface area contributed by atoms with Crippen molar-refractivity contribution in [3.8, 4) is 5.88 Å². The highest BCUT2D eigenvalue weighted by molar-refractivity contribution is 6.04. The first-order valence-electron chi connectivity index (χ1n) is 6.26. The molecule has 0 aliphatic carbocycles. The lowest BCUT2D eigenvalue weighted by Crippen LogP contribution is -2.13. The number of nitrogens with zero attached hydrogens (tertiary/aromatic N) is 1. The Bertz CT molecular complexity index is 612. The summed E-state index contributed by atoms with van der Waals surface area (Å²) < 4.78 is 18.8. The molecule has 1 aromatic carbocycles. The van der Waals surface area contributed by atoms with Crippen LogP contribution < -0.4 is 10.1 Å². The van der Waals surface area contributed by atoms with Gasteiger partial charge in [0.2, 0.25) is 5.88 Å². The summed E-state index contributed by atoms with van der Waals surface area (Å²) in [4.78, 5) is 16.0. The normalized spacial score (nSPS) is 10.2. The van der Waals surface area contributed by atoms with Crippen LogP contribution in [0.5, 0.6) is 5.88 Å². The molecule has 2 aromatic rings. The van der Waals surface area contributed by atoms with E-state index in [4.69, 9.17) is 4.74 Å². The third-order valence-corrected chi connectivity index (χ3v) is 2.66. The quantitative estimate of drug-likeness (QED) is 0.931. The fourth-order valence-corrected chi connectivity index (χ4v) is 1.66. The van der Waals surface area contributed by atoms with Crippen LogP contribution in [0.2, 0.25) is 0 Å². The molecule has 0 radical (unpaired) electrons. The molecule has 4 nitrogen and oxygen atoms in total. The highest BCUT2D eigenvalue weighted by atomic mass is 19.1. The van der Waals surface area contributed by atoms with Crippen LogP contribution in [0.4, 0.5) is 10.1 Å². The van der Waals surface area contributed by atoms with E-state index in [1.54, 1.807) is 25.1 Å². The van der Waals surface area contributed by atoms with Crippen molar-refractivity contribution in [1.82, 2.24) is 4.98 Å². The summed E-state index contributed by atoms with van der Waals surface area (Å²) in [6.07, 6.45) is 1.40. The number of anilines is 1. The number of benzene rings is 1. The Balaban J connectivity index is 2.11. The topological polar surface area (TPSA) is 51.2 Å². The van der Waals surface area contributed by atoms with Gasteiger partial charge in [-0.05, 0) is 37.6 Å². The number of nitrogens with one attached hydrogen (secondary N) is 1. The van der Waals surface area contributed by atoms with E-state index in [0.29, 0.717) is 18.1 Å². The van der Waals surface area contributed by atoms with E-state index in [9.17, 15) is 9.18 Å². The Morgan fingerprint density at radius 2 is 2.15 bits per heavy atom. The van der Waals surface area contributed by atoms with Crippen LogP contribution in [-0.4, -0.2) is 17.5 Å². The lowest BCUT2D eigenvalue weighted by molar-refractivity contribution is 0.102. The molecule has 0 saturated heterocycles. The van der Waals surface area contributed by atoms with Gasteiger partial charge in [-0.1, -0.05) is 6.07 Å². The van der Waals surface area contributed by atoms with Crippen molar-refractivity contribution < 1.29 is 13.9 Å². The Morgan fingerprint density at radius 1 is 1.35 bits per heavy atom. The molecule has 20 heavy (non-hydrogen) atoms. The first-order chi connectivity index (χ1) is 9.60. The molecule has 0 spiro atoms. The van der Waals surface area contributed by atoms with Gasteiger partial charge in [-0.15, -0.1) is 0 Å². The second-order valence-corrected chi connectivity index (χ2v) is 4.26. The maximum Gasteiger partial charge on any atom is 0.257 e. The Kier molecular flexibility index (Phi) is 4.30. The summed E-state index contributed by atoms with van der Waals surface area (Å²) in [5.74, 6) is -0.425. The van der Waals surface area contributed by atoms with Crippen LogP contribution in [-0.2, 0) is 0 Å². The zero-order valence-electron chi connectivity index (χ0n) is 11.3. The summed E-state index contributed by atoms with van der Waals surface area (Å²) in [7, 11) is 0. The number of carbonyl (C=O) groups excluding carboxylic acids is 1. The second kappa shape index (κ2) is 6.14. The zero-order chi connectivity index (χ0) is 14.5. The molecule has 1 aromatic heterocycles. The third kappa shape index (κ3) is 3.32. The van der Waals surface area contributed by atoms with Gasteiger partial charge < -0.3 is 10.1 Å². The number of aryl methyl sites for hydroxylation is 1. The van der Waals surface area contributed by atoms with E-state index in [1.165, 1.54) is 18.3 Å².